The summed E-state index contributed by atoms with van der Waals surface area (Å²) in [6.45, 7) is 5.37. The average molecular weight is 282 g/mol. The standard InChI is InChI=1S/C13H22N4O3/c1-13(2)11(19)17(12(20)16-13)7-3-4-10(18)15-9-5-6-14-8-9/h9,14H,3-8H2,1-2H3,(H,15,18)(H,16,20). The Kier molecular flexibility index (Phi) is 4.27. The Morgan fingerprint density at radius 1 is 1.45 bits per heavy atom. The lowest BCUT2D eigenvalue weighted by Crippen LogP contribution is -2.40. The van der Waals surface area contributed by atoms with E-state index in [1.807, 2.05) is 0 Å². The van der Waals surface area contributed by atoms with E-state index in [4.69, 9.17) is 0 Å². The largest absolute Gasteiger partial charge is 0.352 e. The van der Waals surface area contributed by atoms with Gasteiger partial charge in [-0.2, -0.15) is 0 Å². The van der Waals surface area contributed by atoms with Gasteiger partial charge in [-0.1, -0.05) is 0 Å². The molecule has 0 saturated carbocycles. The van der Waals surface area contributed by atoms with Crippen molar-refractivity contribution in [3.63, 3.8) is 0 Å². The summed E-state index contributed by atoms with van der Waals surface area (Å²) in [7, 11) is 0. The molecule has 0 aromatic heterocycles. The molecule has 4 amide bonds. The van der Waals surface area contributed by atoms with Crippen LogP contribution in [-0.4, -0.2) is 54.0 Å². The lowest BCUT2D eigenvalue weighted by molar-refractivity contribution is -0.130. The van der Waals surface area contributed by atoms with Gasteiger partial charge in [-0.25, -0.2) is 4.79 Å². The molecular formula is C13H22N4O3. The summed E-state index contributed by atoms with van der Waals surface area (Å²) >= 11 is 0. The SMILES string of the molecule is CC1(C)NC(=O)N(CCCC(=O)NC2CCNC2)C1=O. The van der Waals surface area contributed by atoms with E-state index in [2.05, 4.69) is 16.0 Å². The number of carbonyl (C=O) groups is 3. The summed E-state index contributed by atoms with van der Waals surface area (Å²) in [6, 6.07) is -0.168. The van der Waals surface area contributed by atoms with Crippen molar-refractivity contribution in [1.82, 2.24) is 20.9 Å². The van der Waals surface area contributed by atoms with E-state index in [0.717, 1.165) is 19.5 Å². The van der Waals surface area contributed by atoms with Gasteiger partial charge in [0.1, 0.15) is 5.54 Å². The third-order valence-electron chi connectivity index (χ3n) is 3.66. The summed E-state index contributed by atoms with van der Waals surface area (Å²) in [5.41, 5.74) is -0.838. The molecule has 2 aliphatic rings. The van der Waals surface area contributed by atoms with Gasteiger partial charge < -0.3 is 16.0 Å². The molecule has 1 unspecified atom stereocenters. The zero-order chi connectivity index (χ0) is 14.8. The molecule has 7 nitrogen and oxygen atoms in total. The zero-order valence-electron chi connectivity index (χ0n) is 12.0. The third kappa shape index (κ3) is 3.27. The number of rotatable bonds is 5. The summed E-state index contributed by atoms with van der Waals surface area (Å²) < 4.78 is 0. The molecule has 2 fully saturated rings. The maximum Gasteiger partial charge on any atom is 0.325 e. The van der Waals surface area contributed by atoms with Crippen LogP contribution in [0.2, 0.25) is 0 Å². The number of carbonyl (C=O) groups excluding carboxylic acids is 3. The van der Waals surface area contributed by atoms with Crippen LogP contribution < -0.4 is 16.0 Å². The highest BCUT2D eigenvalue weighted by atomic mass is 16.2. The van der Waals surface area contributed by atoms with Gasteiger partial charge in [0.05, 0.1) is 0 Å². The minimum atomic E-state index is -0.838. The highest BCUT2D eigenvalue weighted by Gasteiger charge is 2.43. The van der Waals surface area contributed by atoms with Crippen LogP contribution >= 0.6 is 0 Å². The molecule has 2 rings (SSSR count). The Balaban J connectivity index is 1.71. The van der Waals surface area contributed by atoms with Gasteiger partial charge in [0.15, 0.2) is 0 Å². The first-order chi connectivity index (χ1) is 9.40. The molecule has 1 atom stereocenters. The monoisotopic (exact) mass is 282 g/mol. The van der Waals surface area contributed by atoms with Crippen molar-refractivity contribution in [2.45, 2.75) is 44.7 Å². The maximum atomic E-state index is 11.9. The Morgan fingerprint density at radius 2 is 2.20 bits per heavy atom. The molecule has 2 saturated heterocycles. The Bertz CT molecular complexity index is 416. The van der Waals surface area contributed by atoms with Crippen molar-refractivity contribution < 1.29 is 14.4 Å². The second kappa shape index (κ2) is 5.78. The van der Waals surface area contributed by atoms with Crippen LogP contribution in [0.4, 0.5) is 4.79 Å². The zero-order valence-corrected chi connectivity index (χ0v) is 12.0. The van der Waals surface area contributed by atoms with Crippen molar-refractivity contribution >= 4 is 17.8 Å². The van der Waals surface area contributed by atoms with Gasteiger partial charge in [0.25, 0.3) is 5.91 Å². The highest BCUT2D eigenvalue weighted by Crippen LogP contribution is 2.16. The smallest absolute Gasteiger partial charge is 0.325 e. The molecule has 0 aliphatic carbocycles. The van der Waals surface area contributed by atoms with Crippen LogP contribution in [0.3, 0.4) is 0 Å². The van der Waals surface area contributed by atoms with Crippen LogP contribution in [0.25, 0.3) is 0 Å². The number of urea groups is 1. The van der Waals surface area contributed by atoms with Gasteiger partial charge in [0.2, 0.25) is 5.91 Å². The van der Waals surface area contributed by atoms with Crippen molar-refractivity contribution in [3.05, 3.63) is 0 Å². The summed E-state index contributed by atoms with van der Waals surface area (Å²) in [5, 5.41) is 8.73. The number of nitrogens with one attached hydrogen (secondary N) is 3. The van der Waals surface area contributed by atoms with E-state index < -0.39 is 5.54 Å². The first-order valence-corrected chi connectivity index (χ1v) is 7.04. The topological polar surface area (TPSA) is 90.5 Å². The second-order valence-corrected chi connectivity index (χ2v) is 5.87. The van der Waals surface area contributed by atoms with Gasteiger partial charge in [-0.3, -0.25) is 14.5 Å². The number of amides is 4. The molecule has 0 radical (unpaired) electrons. The van der Waals surface area contributed by atoms with E-state index >= 15 is 0 Å². The number of imide groups is 1. The molecule has 2 aliphatic heterocycles. The molecule has 7 heteroatoms. The van der Waals surface area contributed by atoms with E-state index in [1.165, 1.54) is 4.90 Å². The van der Waals surface area contributed by atoms with E-state index in [9.17, 15) is 14.4 Å². The highest BCUT2D eigenvalue weighted by molar-refractivity contribution is 6.06. The van der Waals surface area contributed by atoms with Crippen LogP contribution in [0, 0.1) is 0 Å². The van der Waals surface area contributed by atoms with Crippen molar-refractivity contribution in [2.75, 3.05) is 19.6 Å². The van der Waals surface area contributed by atoms with Crippen LogP contribution in [0.5, 0.6) is 0 Å². The predicted octanol–water partition coefficient (Wildman–Crippen LogP) is -0.425. The second-order valence-electron chi connectivity index (χ2n) is 5.87. The summed E-state index contributed by atoms with van der Waals surface area (Å²) in [6.07, 6.45) is 1.77. The predicted molar refractivity (Wildman–Crippen MR) is 73.0 cm³/mol. The number of nitrogens with zero attached hydrogens (tertiary/aromatic N) is 1. The van der Waals surface area contributed by atoms with Crippen LogP contribution in [-0.2, 0) is 9.59 Å². The summed E-state index contributed by atoms with van der Waals surface area (Å²) in [4.78, 5) is 36.5. The average Bonchev–Trinajstić information content (AvgIpc) is 2.91. The van der Waals surface area contributed by atoms with Crippen molar-refractivity contribution in [2.24, 2.45) is 0 Å². The maximum absolute atomic E-state index is 11.9. The Labute approximate surface area is 118 Å². The molecule has 20 heavy (non-hydrogen) atoms. The van der Waals surface area contributed by atoms with Gasteiger partial charge in [0, 0.05) is 25.6 Å². The van der Waals surface area contributed by atoms with Crippen LogP contribution in [0.15, 0.2) is 0 Å². The normalized spacial score (nSPS) is 24.9. The molecule has 0 bridgehead atoms. The third-order valence-corrected chi connectivity index (χ3v) is 3.66. The van der Waals surface area contributed by atoms with Crippen LogP contribution in [0.1, 0.15) is 33.1 Å². The lowest BCUT2D eigenvalue weighted by Gasteiger charge is -2.16. The molecule has 112 valence electrons. The quantitative estimate of drug-likeness (QED) is 0.597. The summed E-state index contributed by atoms with van der Waals surface area (Å²) in [5.74, 6) is -0.257. The van der Waals surface area contributed by atoms with Crippen molar-refractivity contribution in [3.8, 4) is 0 Å². The fraction of sp³-hybridized carbons (Fsp3) is 0.769. The number of hydrogen-bond acceptors (Lipinski definition) is 4. The fourth-order valence-electron chi connectivity index (χ4n) is 2.50. The molecule has 0 spiro atoms. The molecule has 0 aromatic rings. The van der Waals surface area contributed by atoms with Gasteiger partial charge in [-0.05, 0) is 33.2 Å². The Hall–Kier alpha value is -1.63. The number of hydrogen-bond donors (Lipinski definition) is 3. The molecule has 3 N–H and O–H groups in total. The minimum absolute atomic E-state index is 0.0231. The van der Waals surface area contributed by atoms with E-state index in [1.54, 1.807) is 13.8 Å². The van der Waals surface area contributed by atoms with Gasteiger partial charge in [-0.15, -0.1) is 0 Å². The van der Waals surface area contributed by atoms with Crippen molar-refractivity contribution in [1.29, 1.82) is 0 Å². The fourth-order valence-corrected chi connectivity index (χ4v) is 2.50. The minimum Gasteiger partial charge on any atom is -0.352 e. The molecule has 2 heterocycles. The Morgan fingerprint density at radius 3 is 2.75 bits per heavy atom. The molecule has 0 aromatic carbocycles. The molecular weight excluding hydrogens is 260 g/mol. The first kappa shape index (κ1) is 14.8. The van der Waals surface area contributed by atoms with E-state index in [-0.39, 0.29) is 30.4 Å². The first-order valence-electron chi connectivity index (χ1n) is 7.04. The lowest BCUT2D eigenvalue weighted by atomic mass is 10.1. The van der Waals surface area contributed by atoms with E-state index in [0.29, 0.717) is 12.8 Å². The van der Waals surface area contributed by atoms with Gasteiger partial charge >= 0.3 is 6.03 Å².